The van der Waals surface area contributed by atoms with Crippen molar-refractivity contribution in [2.45, 2.75) is 39.7 Å². The molecule has 1 unspecified atom stereocenters. The quantitative estimate of drug-likeness (QED) is 0.720. The second-order valence-electron chi connectivity index (χ2n) is 5.16. The summed E-state index contributed by atoms with van der Waals surface area (Å²) < 4.78 is 0. The Morgan fingerprint density at radius 3 is 2.42 bits per heavy atom. The van der Waals surface area contributed by atoms with Gasteiger partial charge in [-0.3, -0.25) is 0 Å². The second kappa shape index (κ2) is 8.94. The van der Waals surface area contributed by atoms with Gasteiger partial charge in [-0.2, -0.15) is 0 Å². The molecular formula is C16H28N2O. The molecule has 19 heavy (non-hydrogen) atoms. The van der Waals surface area contributed by atoms with Crippen molar-refractivity contribution < 1.29 is 5.11 Å². The molecule has 0 amide bonds. The normalized spacial score (nSPS) is 12.8. The van der Waals surface area contributed by atoms with Crippen LogP contribution in [0.3, 0.4) is 0 Å². The predicted molar refractivity (Wildman–Crippen MR) is 81.7 cm³/mol. The maximum Gasteiger partial charge on any atom is 0.115 e. The van der Waals surface area contributed by atoms with Crippen LogP contribution in [0, 0.1) is 0 Å². The molecule has 1 aromatic rings. The van der Waals surface area contributed by atoms with Gasteiger partial charge in [0.25, 0.3) is 0 Å². The van der Waals surface area contributed by atoms with E-state index in [0.29, 0.717) is 11.8 Å². The number of aromatic hydroxyl groups is 1. The maximum absolute atomic E-state index is 9.25. The van der Waals surface area contributed by atoms with Crippen LogP contribution in [0.15, 0.2) is 24.3 Å². The Hall–Kier alpha value is -1.06. The van der Waals surface area contributed by atoms with Crippen molar-refractivity contribution in [3.8, 4) is 5.75 Å². The Kier molecular flexibility index (Phi) is 7.53. The molecule has 1 aromatic carbocycles. The van der Waals surface area contributed by atoms with Crippen LogP contribution in [-0.2, 0) is 6.42 Å². The van der Waals surface area contributed by atoms with Gasteiger partial charge in [-0.05, 0) is 50.6 Å². The van der Waals surface area contributed by atoms with E-state index in [1.54, 1.807) is 12.1 Å². The summed E-state index contributed by atoms with van der Waals surface area (Å²) in [5, 5.41) is 12.8. The summed E-state index contributed by atoms with van der Waals surface area (Å²) >= 11 is 0. The zero-order valence-corrected chi connectivity index (χ0v) is 12.5. The minimum Gasteiger partial charge on any atom is -0.508 e. The first-order valence-electron chi connectivity index (χ1n) is 7.39. The number of benzene rings is 1. The lowest BCUT2D eigenvalue weighted by Crippen LogP contribution is -2.37. The fourth-order valence-electron chi connectivity index (χ4n) is 2.27. The summed E-state index contributed by atoms with van der Waals surface area (Å²) in [6.07, 6.45) is 2.22. The molecule has 0 saturated carbocycles. The van der Waals surface area contributed by atoms with E-state index in [4.69, 9.17) is 0 Å². The average Bonchev–Trinajstić information content (AvgIpc) is 2.40. The van der Waals surface area contributed by atoms with Crippen LogP contribution in [0.5, 0.6) is 5.75 Å². The lowest BCUT2D eigenvalue weighted by molar-refractivity contribution is 0.283. The summed E-state index contributed by atoms with van der Waals surface area (Å²) in [5.41, 5.74) is 1.26. The van der Waals surface area contributed by atoms with Gasteiger partial charge < -0.3 is 15.3 Å². The van der Waals surface area contributed by atoms with Crippen molar-refractivity contribution in [1.82, 2.24) is 10.2 Å². The summed E-state index contributed by atoms with van der Waals surface area (Å²) in [6, 6.07) is 7.95. The third-order valence-electron chi connectivity index (χ3n) is 3.39. The fourth-order valence-corrected chi connectivity index (χ4v) is 2.27. The van der Waals surface area contributed by atoms with E-state index >= 15 is 0 Å². The molecule has 0 spiro atoms. The molecule has 0 saturated heterocycles. The zero-order valence-electron chi connectivity index (χ0n) is 12.5. The van der Waals surface area contributed by atoms with Crippen LogP contribution in [0.2, 0.25) is 0 Å². The first kappa shape index (κ1) is 16.0. The molecule has 0 aromatic heterocycles. The second-order valence-corrected chi connectivity index (χ2v) is 5.16. The predicted octanol–water partition coefficient (Wildman–Crippen LogP) is 2.64. The average molecular weight is 264 g/mol. The molecule has 0 fully saturated rings. The number of nitrogens with one attached hydrogen (secondary N) is 1. The van der Waals surface area contributed by atoms with E-state index in [0.717, 1.165) is 26.1 Å². The zero-order chi connectivity index (χ0) is 14.1. The highest BCUT2D eigenvalue weighted by Gasteiger charge is 2.05. The van der Waals surface area contributed by atoms with Gasteiger partial charge in [-0.1, -0.05) is 26.0 Å². The monoisotopic (exact) mass is 264 g/mol. The molecule has 0 aliphatic rings. The van der Waals surface area contributed by atoms with Gasteiger partial charge in [-0.15, -0.1) is 0 Å². The summed E-state index contributed by atoms with van der Waals surface area (Å²) in [4.78, 5) is 2.47. The van der Waals surface area contributed by atoms with E-state index in [1.165, 1.54) is 18.5 Å². The van der Waals surface area contributed by atoms with Crippen molar-refractivity contribution in [3.63, 3.8) is 0 Å². The number of hydrogen-bond acceptors (Lipinski definition) is 3. The standard InChI is InChI=1S/C16H28N2O/c1-4-11-18(5-2)12-10-17-14(3)13-15-6-8-16(19)9-7-15/h6-9,14,17,19H,4-5,10-13H2,1-3H3. The largest absolute Gasteiger partial charge is 0.508 e. The molecule has 3 heteroatoms. The number of hydrogen-bond donors (Lipinski definition) is 2. The van der Waals surface area contributed by atoms with Crippen LogP contribution in [0.1, 0.15) is 32.8 Å². The van der Waals surface area contributed by atoms with E-state index < -0.39 is 0 Å². The van der Waals surface area contributed by atoms with Crippen LogP contribution in [-0.4, -0.2) is 42.2 Å². The fraction of sp³-hybridized carbons (Fsp3) is 0.625. The van der Waals surface area contributed by atoms with Crippen molar-refractivity contribution in [1.29, 1.82) is 0 Å². The van der Waals surface area contributed by atoms with Crippen LogP contribution in [0.25, 0.3) is 0 Å². The van der Waals surface area contributed by atoms with Gasteiger partial charge in [0.2, 0.25) is 0 Å². The highest BCUT2D eigenvalue weighted by atomic mass is 16.3. The van der Waals surface area contributed by atoms with Gasteiger partial charge in [0.15, 0.2) is 0 Å². The molecule has 0 bridgehead atoms. The van der Waals surface area contributed by atoms with E-state index in [-0.39, 0.29) is 0 Å². The van der Waals surface area contributed by atoms with Crippen molar-refractivity contribution in [2.24, 2.45) is 0 Å². The maximum atomic E-state index is 9.25. The highest BCUT2D eigenvalue weighted by molar-refractivity contribution is 5.26. The number of rotatable bonds is 9. The number of likely N-dealkylation sites (N-methyl/N-ethyl adjacent to an activating group) is 1. The number of nitrogens with zero attached hydrogens (tertiary/aromatic N) is 1. The van der Waals surface area contributed by atoms with Crippen molar-refractivity contribution >= 4 is 0 Å². The Morgan fingerprint density at radius 1 is 1.16 bits per heavy atom. The molecule has 3 nitrogen and oxygen atoms in total. The molecule has 0 heterocycles. The Morgan fingerprint density at radius 2 is 1.84 bits per heavy atom. The van der Waals surface area contributed by atoms with E-state index in [2.05, 4.69) is 31.0 Å². The van der Waals surface area contributed by atoms with Gasteiger partial charge in [0.1, 0.15) is 5.75 Å². The Balaban J connectivity index is 2.23. The smallest absolute Gasteiger partial charge is 0.115 e. The van der Waals surface area contributed by atoms with Gasteiger partial charge >= 0.3 is 0 Å². The summed E-state index contributed by atoms with van der Waals surface area (Å²) in [5.74, 6) is 0.336. The van der Waals surface area contributed by atoms with Crippen LogP contribution < -0.4 is 5.32 Å². The van der Waals surface area contributed by atoms with Gasteiger partial charge in [0.05, 0.1) is 0 Å². The van der Waals surface area contributed by atoms with Crippen LogP contribution in [0.4, 0.5) is 0 Å². The van der Waals surface area contributed by atoms with Gasteiger partial charge in [-0.25, -0.2) is 0 Å². The SMILES string of the molecule is CCCN(CC)CCNC(C)Cc1ccc(O)cc1. The molecule has 0 aliphatic heterocycles. The molecule has 108 valence electrons. The topological polar surface area (TPSA) is 35.5 Å². The van der Waals surface area contributed by atoms with Crippen LogP contribution >= 0.6 is 0 Å². The summed E-state index contributed by atoms with van der Waals surface area (Å²) in [7, 11) is 0. The Bertz CT molecular complexity index is 337. The van der Waals surface area contributed by atoms with Crippen molar-refractivity contribution in [3.05, 3.63) is 29.8 Å². The van der Waals surface area contributed by atoms with Crippen molar-refractivity contribution in [2.75, 3.05) is 26.2 Å². The number of phenols is 1. The first-order chi connectivity index (χ1) is 9.15. The summed E-state index contributed by atoms with van der Waals surface area (Å²) in [6.45, 7) is 11.1. The Labute approximate surface area is 117 Å². The van der Waals surface area contributed by atoms with E-state index in [9.17, 15) is 5.11 Å². The highest BCUT2D eigenvalue weighted by Crippen LogP contribution is 2.11. The lowest BCUT2D eigenvalue weighted by Gasteiger charge is -2.21. The molecule has 1 atom stereocenters. The molecule has 0 radical (unpaired) electrons. The van der Waals surface area contributed by atoms with E-state index in [1.807, 2.05) is 12.1 Å². The minimum atomic E-state index is 0.336. The lowest BCUT2D eigenvalue weighted by atomic mass is 10.1. The minimum absolute atomic E-state index is 0.336. The molecular weight excluding hydrogens is 236 g/mol. The van der Waals surface area contributed by atoms with Gasteiger partial charge in [0, 0.05) is 19.1 Å². The first-order valence-corrected chi connectivity index (χ1v) is 7.39. The number of phenolic OH excluding ortho intramolecular Hbond substituents is 1. The molecule has 0 aliphatic carbocycles. The molecule has 2 N–H and O–H groups in total. The molecule has 1 rings (SSSR count). The third kappa shape index (κ3) is 6.60. The third-order valence-corrected chi connectivity index (χ3v) is 3.39.